The van der Waals surface area contributed by atoms with Gasteiger partial charge in [0.1, 0.15) is 6.04 Å². The van der Waals surface area contributed by atoms with Crippen molar-refractivity contribution < 1.29 is 24.6 Å². The van der Waals surface area contributed by atoms with Gasteiger partial charge in [-0.1, -0.05) is 27.7 Å². The summed E-state index contributed by atoms with van der Waals surface area (Å²) in [4.78, 5) is 33.0. The normalized spacial score (nSPS) is 11.6. The van der Waals surface area contributed by atoms with E-state index in [-0.39, 0.29) is 5.75 Å². The fourth-order valence-corrected chi connectivity index (χ4v) is 3.35. The summed E-state index contributed by atoms with van der Waals surface area (Å²) >= 11 is 0. The van der Waals surface area contributed by atoms with Crippen LogP contribution in [0.15, 0.2) is 29.2 Å². The van der Waals surface area contributed by atoms with Gasteiger partial charge in [0.15, 0.2) is 0 Å². The summed E-state index contributed by atoms with van der Waals surface area (Å²) in [5.41, 5.74) is 6.19. The fourth-order valence-electron chi connectivity index (χ4n) is 1.13. The lowest BCUT2D eigenvalue weighted by atomic mass is 10.3. The van der Waals surface area contributed by atoms with Crippen LogP contribution < -0.4 is 11.1 Å². The molecule has 1 rings (SSSR count). The van der Waals surface area contributed by atoms with Gasteiger partial charge in [-0.2, -0.15) is 0 Å². The maximum atomic E-state index is 10.9. The lowest BCUT2D eigenvalue weighted by molar-refractivity contribution is -0.151. The molecule has 1 aromatic rings. The minimum Gasteiger partial charge on any atom is -0.480 e. The van der Waals surface area contributed by atoms with Crippen molar-refractivity contribution in [1.82, 2.24) is 5.32 Å². The number of nitrogen functional groups attached to an aromatic ring is 1. The van der Waals surface area contributed by atoms with E-state index in [2.05, 4.69) is 0 Å². The molecule has 0 bridgehead atoms. The number of carbonyl (C=O) groups is 3. The van der Waals surface area contributed by atoms with Crippen LogP contribution in [0.3, 0.4) is 0 Å². The zero-order valence-electron chi connectivity index (χ0n) is 10.1. The summed E-state index contributed by atoms with van der Waals surface area (Å²) in [6.07, 6.45) is 0. The molecule has 0 saturated carbocycles. The maximum Gasteiger partial charge on any atom is 0.394 e. The Kier molecular flexibility index (Phi) is 6.19. The molecular formula is C11H12N2O5S2. The third-order valence-corrected chi connectivity index (χ3v) is 4.42. The highest BCUT2D eigenvalue weighted by atomic mass is 33.1. The molecular weight excluding hydrogens is 304 g/mol. The van der Waals surface area contributed by atoms with Crippen LogP contribution in [-0.2, 0) is 14.4 Å². The van der Waals surface area contributed by atoms with Gasteiger partial charge in [-0.25, -0.2) is 9.59 Å². The summed E-state index contributed by atoms with van der Waals surface area (Å²) in [6, 6.07) is 5.75. The molecule has 0 spiro atoms. The van der Waals surface area contributed by atoms with E-state index in [9.17, 15) is 14.4 Å². The summed E-state index contributed by atoms with van der Waals surface area (Å²) in [5.74, 6) is -4.33. The Bertz CT molecular complexity index is 523. The quantitative estimate of drug-likeness (QED) is 0.342. The third kappa shape index (κ3) is 5.41. The Labute approximate surface area is 122 Å². The molecule has 7 nitrogen and oxygen atoms in total. The molecule has 1 aromatic carbocycles. The zero-order valence-corrected chi connectivity index (χ0v) is 11.7. The number of nitrogens with two attached hydrogens (primary N) is 1. The van der Waals surface area contributed by atoms with Crippen LogP contribution >= 0.6 is 21.6 Å². The number of carboxylic acid groups (broad SMARTS) is 2. The van der Waals surface area contributed by atoms with Gasteiger partial charge < -0.3 is 21.3 Å². The molecule has 0 saturated heterocycles. The van der Waals surface area contributed by atoms with Gasteiger partial charge >= 0.3 is 17.8 Å². The molecule has 0 aromatic heterocycles. The predicted octanol–water partition coefficient (Wildman–Crippen LogP) is 0.663. The second-order valence-electron chi connectivity index (χ2n) is 3.61. The molecule has 0 radical (unpaired) electrons. The van der Waals surface area contributed by atoms with Gasteiger partial charge in [0, 0.05) is 16.3 Å². The number of anilines is 1. The number of amides is 1. The van der Waals surface area contributed by atoms with Crippen LogP contribution in [0.4, 0.5) is 5.69 Å². The maximum absolute atomic E-state index is 10.9. The Hall–Kier alpha value is -1.87. The second-order valence-corrected chi connectivity index (χ2v) is 6.02. The van der Waals surface area contributed by atoms with Crippen LogP contribution in [0.1, 0.15) is 0 Å². The molecule has 0 aliphatic rings. The number of benzene rings is 1. The number of hydrogen-bond donors (Lipinski definition) is 4. The van der Waals surface area contributed by atoms with Crippen molar-refractivity contribution in [3.05, 3.63) is 24.3 Å². The Balaban J connectivity index is 2.49. The van der Waals surface area contributed by atoms with Gasteiger partial charge in [0.2, 0.25) is 0 Å². The second kappa shape index (κ2) is 7.65. The first-order valence-corrected chi connectivity index (χ1v) is 7.63. The summed E-state index contributed by atoms with van der Waals surface area (Å²) in [7, 11) is 2.47. The van der Waals surface area contributed by atoms with Crippen molar-refractivity contribution in [3.63, 3.8) is 0 Å². The minimum absolute atomic E-state index is 0.0216. The van der Waals surface area contributed by atoms with E-state index in [0.717, 1.165) is 4.90 Å². The monoisotopic (exact) mass is 316 g/mol. The Morgan fingerprint density at radius 1 is 1.30 bits per heavy atom. The molecule has 0 heterocycles. The molecule has 108 valence electrons. The summed E-state index contributed by atoms with van der Waals surface area (Å²) in [6.45, 7) is 0. The SMILES string of the molecule is Nc1cccc(SSC[C@H](NC(=O)C(=O)O)C(=O)O)c1. The van der Waals surface area contributed by atoms with Crippen molar-refractivity contribution in [2.75, 3.05) is 11.5 Å². The van der Waals surface area contributed by atoms with Crippen LogP contribution in [0.25, 0.3) is 0 Å². The van der Waals surface area contributed by atoms with Crippen molar-refractivity contribution in [2.24, 2.45) is 0 Å². The molecule has 20 heavy (non-hydrogen) atoms. The lowest BCUT2D eigenvalue weighted by Gasteiger charge is -2.12. The Morgan fingerprint density at radius 3 is 2.55 bits per heavy atom. The number of hydrogen-bond acceptors (Lipinski definition) is 6. The largest absolute Gasteiger partial charge is 0.480 e. The number of nitrogens with one attached hydrogen (secondary N) is 1. The minimum atomic E-state index is -1.72. The van der Waals surface area contributed by atoms with Gasteiger partial charge in [-0.05, 0) is 18.2 Å². The first-order valence-electron chi connectivity index (χ1n) is 5.31. The predicted molar refractivity (Wildman–Crippen MR) is 76.4 cm³/mol. The molecule has 0 fully saturated rings. The molecule has 5 N–H and O–H groups in total. The van der Waals surface area contributed by atoms with E-state index in [1.54, 1.807) is 24.3 Å². The van der Waals surface area contributed by atoms with Crippen molar-refractivity contribution >= 4 is 45.1 Å². The standard InChI is InChI=1S/C11H12N2O5S2/c12-6-2-1-3-7(4-6)20-19-5-8(10(15)16)13-9(14)11(17)18/h1-4,8H,5,12H2,(H,13,14)(H,15,16)(H,17,18)/t8-/m0/s1. The van der Waals surface area contributed by atoms with E-state index in [1.165, 1.54) is 21.6 Å². The Morgan fingerprint density at radius 2 is 2.00 bits per heavy atom. The lowest BCUT2D eigenvalue weighted by Crippen LogP contribution is -2.45. The van der Waals surface area contributed by atoms with Crippen molar-refractivity contribution in [2.45, 2.75) is 10.9 Å². The van der Waals surface area contributed by atoms with E-state index in [1.807, 2.05) is 5.32 Å². The van der Waals surface area contributed by atoms with Gasteiger partial charge in [0.05, 0.1) is 0 Å². The molecule has 1 amide bonds. The van der Waals surface area contributed by atoms with Crippen LogP contribution in [0, 0.1) is 0 Å². The van der Waals surface area contributed by atoms with Crippen molar-refractivity contribution in [1.29, 1.82) is 0 Å². The molecule has 0 aliphatic carbocycles. The first-order chi connectivity index (χ1) is 9.40. The van der Waals surface area contributed by atoms with Crippen LogP contribution in [-0.4, -0.2) is 39.9 Å². The fraction of sp³-hybridized carbons (Fsp3) is 0.182. The van der Waals surface area contributed by atoms with E-state index < -0.39 is 23.9 Å². The number of carbonyl (C=O) groups excluding carboxylic acids is 1. The van der Waals surface area contributed by atoms with E-state index in [0.29, 0.717) is 5.69 Å². The van der Waals surface area contributed by atoms with Crippen LogP contribution in [0.5, 0.6) is 0 Å². The van der Waals surface area contributed by atoms with E-state index >= 15 is 0 Å². The molecule has 0 unspecified atom stereocenters. The van der Waals surface area contributed by atoms with Gasteiger partial charge in [-0.3, -0.25) is 4.79 Å². The number of aliphatic carboxylic acids is 2. The topological polar surface area (TPSA) is 130 Å². The smallest absolute Gasteiger partial charge is 0.394 e. The van der Waals surface area contributed by atoms with Crippen molar-refractivity contribution in [3.8, 4) is 0 Å². The highest BCUT2D eigenvalue weighted by molar-refractivity contribution is 8.76. The zero-order chi connectivity index (χ0) is 15.1. The van der Waals surface area contributed by atoms with Crippen LogP contribution in [0.2, 0.25) is 0 Å². The molecule has 1 atom stereocenters. The number of carboxylic acids is 2. The van der Waals surface area contributed by atoms with Gasteiger partial charge in [0.25, 0.3) is 0 Å². The summed E-state index contributed by atoms with van der Waals surface area (Å²) in [5, 5.41) is 19.2. The summed E-state index contributed by atoms with van der Waals surface area (Å²) < 4.78 is 0. The molecule has 9 heteroatoms. The average molecular weight is 316 g/mol. The van der Waals surface area contributed by atoms with E-state index in [4.69, 9.17) is 15.9 Å². The highest BCUT2D eigenvalue weighted by Gasteiger charge is 2.23. The number of rotatable bonds is 6. The third-order valence-electron chi connectivity index (χ3n) is 2.05. The average Bonchev–Trinajstić information content (AvgIpc) is 2.37. The van der Waals surface area contributed by atoms with Gasteiger partial charge in [-0.15, -0.1) is 0 Å². The highest BCUT2D eigenvalue weighted by Crippen LogP contribution is 2.32. The first kappa shape index (κ1) is 16.2. The molecule has 0 aliphatic heterocycles.